The molecule has 1 aliphatic heterocycles. The first kappa shape index (κ1) is 33.3. The third kappa shape index (κ3) is 7.80. The third-order valence-electron chi connectivity index (χ3n) is 8.94. The molecule has 2 aromatic rings. The Hall–Kier alpha value is -3.18. The Balaban J connectivity index is 0.000000467. The molecule has 0 saturated heterocycles. The van der Waals surface area contributed by atoms with Crippen LogP contribution in [0.4, 0.5) is 0 Å². The average molecular weight is 577 g/mol. The molecule has 1 fully saturated rings. The highest BCUT2D eigenvalue weighted by Crippen LogP contribution is 2.55. The van der Waals surface area contributed by atoms with Gasteiger partial charge in [-0.2, -0.15) is 0 Å². The Labute approximate surface area is 253 Å². The van der Waals surface area contributed by atoms with Crippen molar-refractivity contribution in [2.45, 2.75) is 105 Å². The van der Waals surface area contributed by atoms with Gasteiger partial charge >= 0.3 is 0 Å². The first-order valence-corrected chi connectivity index (χ1v) is 15.4. The molecule has 0 aromatic heterocycles. The number of benzene rings is 2. The summed E-state index contributed by atoms with van der Waals surface area (Å²) in [5, 5.41) is 31.2. The van der Waals surface area contributed by atoms with E-state index in [0.29, 0.717) is 23.3 Å². The summed E-state index contributed by atoms with van der Waals surface area (Å²) in [6.45, 7) is 16.6. The van der Waals surface area contributed by atoms with E-state index in [0.717, 1.165) is 36.1 Å². The molecule has 5 heteroatoms. The number of phenols is 2. The van der Waals surface area contributed by atoms with Gasteiger partial charge in [0.2, 0.25) is 0 Å². The van der Waals surface area contributed by atoms with Gasteiger partial charge in [-0.3, -0.25) is 0 Å². The van der Waals surface area contributed by atoms with Crippen LogP contribution >= 0.6 is 0 Å². The Bertz CT molecular complexity index is 1260. The fourth-order valence-electron chi connectivity index (χ4n) is 6.33. The Morgan fingerprint density at radius 2 is 1.69 bits per heavy atom. The van der Waals surface area contributed by atoms with Crippen LogP contribution in [0.15, 0.2) is 48.6 Å². The Morgan fingerprint density at radius 3 is 2.26 bits per heavy atom. The molecular formula is C37H52O5. The van der Waals surface area contributed by atoms with E-state index in [1.54, 1.807) is 25.3 Å². The number of allylic oxidation sites excluding steroid dienone is 3. The van der Waals surface area contributed by atoms with Crippen LogP contribution in [-0.2, 0) is 12.8 Å². The van der Waals surface area contributed by atoms with Crippen molar-refractivity contribution in [3.63, 3.8) is 0 Å². The maximum absolute atomic E-state index is 10.7. The van der Waals surface area contributed by atoms with Crippen molar-refractivity contribution in [3.05, 3.63) is 70.8 Å². The zero-order chi connectivity index (χ0) is 31.1. The van der Waals surface area contributed by atoms with Gasteiger partial charge in [0.25, 0.3) is 0 Å². The molecule has 42 heavy (non-hydrogen) atoms. The van der Waals surface area contributed by atoms with Crippen molar-refractivity contribution in [1.29, 1.82) is 0 Å². The molecule has 3 atom stereocenters. The third-order valence-corrected chi connectivity index (χ3v) is 8.94. The van der Waals surface area contributed by atoms with Gasteiger partial charge in [0.1, 0.15) is 17.1 Å². The lowest BCUT2D eigenvalue weighted by atomic mass is 9.57. The van der Waals surface area contributed by atoms with Crippen LogP contribution in [0.1, 0.15) is 102 Å². The number of aliphatic hydroxyl groups is 1. The number of methoxy groups -OCH3 is 1. The highest BCUT2D eigenvalue weighted by molar-refractivity contribution is 5.73. The molecule has 0 bridgehead atoms. The van der Waals surface area contributed by atoms with E-state index in [9.17, 15) is 15.3 Å². The number of rotatable bonds is 9. The molecule has 0 unspecified atom stereocenters. The minimum atomic E-state index is -0.352. The number of fused-ring (bicyclic) bond motifs is 2. The number of unbranched alkanes of at least 4 members (excludes halogenated alkanes) is 3. The van der Waals surface area contributed by atoms with Gasteiger partial charge in [-0.15, -0.1) is 6.58 Å². The van der Waals surface area contributed by atoms with Gasteiger partial charge in [0, 0.05) is 11.5 Å². The summed E-state index contributed by atoms with van der Waals surface area (Å²) in [7, 11) is 1.64. The molecule has 1 saturated carbocycles. The Kier molecular flexibility index (Phi) is 11.4. The lowest BCUT2D eigenvalue weighted by molar-refractivity contribution is -0.138. The smallest absolute Gasteiger partial charge is 0.165 e. The fraction of sp³-hybridized carbons (Fsp3) is 0.514. The number of aliphatic hydroxyl groups excluding tert-OH is 1. The van der Waals surface area contributed by atoms with Crippen molar-refractivity contribution in [3.8, 4) is 23.0 Å². The summed E-state index contributed by atoms with van der Waals surface area (Å²) in [6.07, 6.45) is 15.5. The van der Waals surface area contributed by atoms with Crippen LogP contribution < -0.4 is 9.47 Å². The fourth-order valence-corrected chi connectivity index (χ4v) is 6.33. The molecule has 0 spiro atoms. The summed E-state index contributed by atoms with van der Waals surface area (Å²) in [4.78, 5) is 0. The number of aromatic hydroxyl groups is 2. The number of hydrogen-bond donors (Lipinski definition) is 3. The SMILES string of the molecule is C=CCc1c(O)cc(/C=C/c2cc3c(c(OC)c2)O[C@]2(C)CC[C@@H](O)C(C)(C)[C@H]2C3)cc1O.CCCCCC=C(C)C. The summed E-state index contributed by atoms with van der Waals surface area (Å²) >= 11 is 0. The minimum Gasteiger partial charge on any atom is -0.507 e. The highest BCUT2D eigenvalue weighted by atomic mass is 16.5. The monoisotopic (exact) mass is 576 g/mol. The Morgan fingerprint density at radius 1 is 1.05 bits per heavy atom. The topological polar surface area (TPSA) is 79.2 Å². The molecule has 0 amide bonds. The molecule has 1 heterocycles. The van der Waals surface area contributed by atoms with Gasteiger partial charge in [0.15, 0.2) is 11.5 Å². The van der Waals surface area contributed by atoms with Crippen molar-refractivity contribution in [1.82, 2.24) is 0 Å². The summed E-state index contributed by atoms with van der Waals surface area (Å²) < 4.78 is 12.3. The van der Waals surface area contributed by atoms with Crippen LogP contribution in [0.2, 0.25) is 0 Å². The van der Waals surface area contributed by atoms with Crippen LogP contribution in [0.25, 0.3) is 12.2 Å². The number of phenolic OH excluding ortho intramolecular Hbond substituents is 2. The molecule has 230 valence electrons. The summed E-state index contributed by atoms with van der Waals surface area (Å²) in [5.41, 5.74) is 4.00. The zero-order valence-electron chi connectivity index (χ0n) is 26.8. The van der Waals surface area contributed by atoms with E-state index in [2.05, 4.69) is 60.3 Å². The van der Waals surface area contributed by atoms with E-state index < -0.39 is 0 Å². The molecule has 2 aromatic carbocycles. The van der Waals surface area contributed by atoms with Crippen LogP contribution in [0.5, 0.6) is 23.0 Å². The predicted molar refractivity (Wildman–Crippen MR) is 174 cm³/mol. The van der Waals surface area contributed by atoms with E-state index in [1.807, 2.05) is 18.2 Å². The lowest BCUT2D eigenvalue weighted by Gasteiger charge is -2.55. The molecule has 0 radical (unpaired) electrons. The maximum Gasteiger partial charge on any atom is 0.165 e. The lowest BCUT2D eigenvalue weighted by Crippen LogP contribution is -2.58. The molecule has 1 aliphatic carbocycles. The van der Waals surface area contributed by atoms with Gasteiger partial charge in [-0.05, 0) is 106 Å². The second-order valence-corrected chi connectivity index (χ2v) is 12.9. The van der Waals surface area contributed by atoms with E-state index in [-0.39, 0.29) is 34.5 Å². The minimum absolute atomic E-state index is 0.0448. The highest BCUT2D eigenvalue weighted by Gasteiger charge is 2.54. The van der Waals surface area contributed by atoms with E-state index >= 15 is 0 Å². The van der Waals surface area contributed by atoms with Crippen LogP contribution in [0, 0.1) is 11.3 Å². The largest absolute Gasteiger partial charge is 0.507 e. The van der Waals surface area contributed by atoms with Gasteiger partial charge < -0.3 is 24.8 Å². The maximum atomic E-state index is 10.7. The van der Waals surface area contributed by atoms with Crippen molar-refractivity contribution < 1.29 is 24.8 Å². The molecule has 5 nitrogen and oxygen atoms in total. The standard InChI is InChI=1S/C28H34O5.C9H18/c1-6-7-20-21(29)13-18(14-22(20)30)9-8-17-12-19-16-24-27(2,3)25(31)10-11-28(24,4)33-26(19)23(15-17)32-5;1-4-5-6-7-8-9(2)3/h6,8-9,12-15,24-25,29-31H,1,7,10-11,16H2,2-5H3;8H,4-7H2,1-3H3/b9-8+;/t24-,25-,28-;/m1./s1. The first-order valence-electron chi connectivity index (χ1n) is 15.4. The molecule has 4 rings (SSSR count). The van der Waals surface area contributed by atoms with Crippen molar-refractivity contribution in [2.75, 3.05) is 7.11 Å². The first-order chi connectivity index (χ1) is 19.9. The van der Waals surface area contributed by atoms with E-state index in [1.165, 1.54) is 31.3 Å². The number of ether oxygens (including phenoxy) is 2. The van der Waals surface area contributed by atoms with Gasteiger partial charge in [-0.1, -0.05) is 63.5 Å². The number of hydrogen-bond acceptors (Lipinski definition) is 5. The summed E-state index contributed by atoms with van der Waals surface area (Å²) in [6, 6.07) is 7.29. The second kappa shape index (κ2) is 14.3. The molecular weight excluding hydrogens is 524 g/mol. The normalized spacial score (nSPS) is 22.2. The summed E-state index contributed by atoms with van der Waals surface area (Å²) in [5.74, 6) is 1.73. The van der Waals surface area contributed by atoms with Crippen LogP contribution in [-0.4, -0.2) is 34.1 Å². The van der Waals surface area contributed by atoms with Gasteiger partial charge in [-0.25, -0.2) is 0 Å². The second-order valence-electron chi connectivity index (χ2n) is 12.9. The quantitative estimate of drug-likeness (QED) is 0.158. The predicted octanol–water partition coefficient (Wildman–Crippen LogP) is 9.03. The van der Waals surface area contributed by atoms with Crippen molar-refractivity contribution in [2.24, 2.45) is 11.3 Å². The molecule has 2 aliphatic rings. The average Bonchev–Trinajstić information content (AvgIpc) is 2.93. The van der Waals surface area contributed by atoms with E-state index in [4.69, 9.17) is 9.47 Å². The van der Waals surface area contributed by atoms with Crippen molar-refractivity contribution >= 4 is 12.2 Å². The molecule has 3 N–H and O–H groups in total. The van der Waals surface area contributed by atoms with Gasteiger partial charge in [0.05, 0.1) is 13.2 Å². The zero-order valence-corrected chi connectivity index (χ0v) is 26.8. The van der Waals surface area contributed by atoms with Crippen LogP contribution in [0.3, 0.4) is 0 Å².